The number of halogens is 2. The SMILES string of the molecule is O=C(/C=C/c1ccccc1Cl)NNC(=O)CSc1ccccc1F. The lowest BCUT2D eigenvalue weighted by Gasteiger charge is -2.06. The molecule has 0 radical (unpaired) electrons. The molecule has 0 aliphatic heterocycles. The third-order valence-corrected chi connectivity index (χ3v) is 4.23. The molecule has 2 rings (SSSR count). The second-order valence-corrected chi connectivity index (χ2v) is 6.04. The van der Waals surface area contributed by atoms with E-state index in [1.807, 2.05) is 0 Å². The molecule has 2 amide bonds. The molecule has 0 saturated carbocycles. The lowest BCUT2D eigenvalue weighted by molar-refractivity contribution is -0.125. The van der Waals surface area contributed by atoms with E-state index in [1.165, 1.54) is 18.2 Å². The third kappa shape index (κ3) is 5.72. The smallest absolute Gasteiger partial charge is 0.262 e. The molecule has 2 N–H and O–H groups in total. The van der Waals surface area contributed by atoms with Crippen LogP contribution in [-0.2, 0) is 9.59 Å². The molecule has 0 saturated heterocycles. The van der Waals surface area contributed by atoms with Crippen LogP contribution in [0.3, 0.4) is 0 Å². The van der Waals surface area contributed by atoms with Crippen molar-refractivity contribution in [2.24, 2.45) is 0 Å². The van der Waals surface area contributed by atoms with Crippen LogP contribution in [0.1, 0.15) is 5.56 Å². The molecule has 0 aromatic heterocycles. The van der Waals surface area contributed by atoms with Crippen molar-refractivity contribution in [1.29, 1.82) is 0 Å². The molecule has 0 bridgehead atoms. The normalized spacial score (nSPS) is 10.6. The van der Waals surface area contributed by atoms with Crippen LogP contribution in [-0.4, -0.2) is 17.6 Å². The van der Waals surface area contributed by atoms with Gasteiger partial charge in [-0.05, 0) is 29.8 Å². The van der Waals surface area contributed by atoms with Gasteiger partial charge in [0, 0.05) is 16.0 Å². The third-order valence-electron chi connectivity index (χ3n) is 2.84. The van der Waals surface area contributed by atoms with Gasteiger partial charge in [0.05, 0.1) is 5.75 Å². The predicted molar refractivity (Wildman–Crippen MR) is 93.9 cm³/mol. The Bertz CT molecular complexity index is 768. The second kappa shape index (κ2) is 9.10. The second-order valence-electron chi connectivity index (χ2n) is 4.61. The van der Waals surface area contributed by atoms with E-state index in [4.69, 9.17) is 11.6 Å². The van der Waals surface area contributed by atoms with Crippen molar-refractivity contribution < 1.29 is 14.0 Å². The highest BCUT2D eigenvalue weighted by atomic mass is 35.5. The van der Waals surface area contributed by atoms with Gasteiger partial charge >= 0.3 is 0 Å². The number of carbonyl (C=O) groups excluding carboxylic acids is 2. The Kier molecular flexibility index (Phi) is 6.84. The van der Waals surface area contributed by atoms with E-state index < -0.39 is 11.8 Å². The lowest BCUT2D eigenvalue weighted by atomic mass is 10.2. The largest absolute Gasteiger partial charge is 0.272 e. The standard InChI is InChI=1S/C17H14ClFN2O2S/c18-13-6-2-1-5-12(13)9-10-16(22)20-21-17(23)11-24-15-8-4-3-7-14(15)19/h1-10H,11H2,(H,20,22)(H,21,23)/b10-9+. The molecule has 4 nitrogen and oxygen atoms in total. The van der Waals surface area contributed by atoms with Crippen LogP contribution >= 0.6 is 23.4 Å². The van der Waals surface area contributed by atoms with Gasteiger partial charge in [0.2, 0.25) is 5.91 Å². The number of carbonyl (C=O) groups is 2. The average molecular weight is 365 g/mol. The molecule has 2 aromatic rings. The van der Waals surface area contributed by atoms with E-state index >= 15 is 0 Å². The summed E-state index contributed by atoms with van der Waals surface area (Å²) in [5, 5.41) is 0.520. The van der Waals surface area contributed by atoms with Crippen LogP contribution in [0, 0.1) is 5.82 Å². The highest BCUT2D eigenvalue weighted by Crippen LogP contribution is 2.20. The quantitative estimate of drug-likeness (QED) is 0.485. The first kappa shape index (κ1) is 18.0. The molecule has 0 heterocycles. The van der Waals surface area contributed by atoms with Crippen LogP contribution < -0.4 is 10.9 Å². The maximum absolute atomic E-state index is 13.4. The van der Waals surface area contributed by atoms with Gasteiger partial charge < -0.3 is 0 Å². The Morgan fingerprint density at radius 3 is 2.54 bits per heavy atom. The summed E-state index contributed by atoms with van der Waals surface area (Å²) >= 11 is 7.01. The molecule has 124 valence electrons. The van der Waals surface area contributed by atoms with Gasteiger partial charge in [0.15, 0.2) is 0 Å². The fraction of sp³-hybridized carbons (Fsp3) is 0.0588. The first-order valence-electron chi connectivity index (χ1n) is 6.95. The minimum absolute atomic E-state index is 0.0184. The highest BCUT2D eigenvalue weighted by molar-refractivity contribution is 8.00. The Labute approximate surface area is 148 Å². The van der Waals surface area contributed by atoms with Gasteiger partial charge in [0.25, 0.3) is 5.91 Å². The molecule has 0 spiro atoms. The summed E-state index contributed by atoms with van der Waals surface area (Å²) in [6, 6.07) is 13.2. The van der Waals surface area contributed by atoms with E-state index in [0.29, 0.717) is 15.5 Å². The van der Waals surface area contributed by atoms with Crippen molar-refractivity contribution in [3.63, 3.8) is 0 Å². The summed E-state index contributed by atoms with van der Waals surface area (Å²) in [5.41, 5.74) is 5.20. The van der Waals surface area contributed by atoms with E-state index in [-0.39, 0.29) is 11.6 Å². The monoisotopic (exact) mass is 364 g/mol. The fourth-order valence-electron chi connectivity index (χ4n) is 1.69. The van der Waals surface area contributed by atoms with Gasteiger partial charge in [-0.3, -0.25) is 20.4 Å². The van der Waals surface area contributed by atoms with E-state index in [9.17, 15) is 14.0 Å². The van der Waals surface area contributed by atoms with Gasteiger partial charge in [0.1, 0.15) is 5.82 Å². The van der Waals surface area contributed by atoms with Gasteiger partial charge in [-0.15, -0.1) is 11.8 Å². The van der Waals surface area contributed by atoms with Crippen molar-refractivity contribution in [1.82, 2.24) is 10.9 Å². The number of thioether (sulfide) groups is 1. The number of hydrogen-bond acceptors (Lipinski definition) is 3. The molecule has 7 heteroatoms. The summed E-state index contributed by atoms with van der Waals surface area (Å²) in [4.78, 5) is 23.7. The molecule has 0 fully saturated rings. The van der Waals surface area contributed by atoms with E-state index in [2.05, 4.69) is 10.9 Å². The zero-order valence-corrected chi connectivity index (χ0v) is 14.0. The molecule has 0 atom stereocenters. The molecule has 0 aliphatic carbocycles. The van der Waals surface area contributed by atoms with Gasteiger partial charge in [-0.1, -0.05) is 41.9 Å². The van der Waals surface area contributed by atoms with Crippen LogP contribution in [0.2, 0.25) is 5.02 Å². The highest BCUT2D eigenvalue weighted by Gasteiger charge is 2.06. The molecule has 2 aromatic carbocycles. The van der Waals surface area contributed by atoms with Gasteiger partial charge in [-0.2, -0.15) is 0 Å². The maximum Gasteiger partial charge on any atom is 0.262 e. The molecule has 0 aliphatic rings. The predicted octanol–water partition coefficient (Wildman–Crippen LogP) is 3.43. The van der Waals surface area contributed by atoms with Crippen LogP contribution in [0.15, 0.2) is 59.5 Å². The Hall–Kier alpha value is -2.31. The summed E-state index contributed by atoms with van der Waals surface area (Å²) in [5.74, 6) is -1.35. The van der Waals surface area contributed by atoms with Crippen molar-refractivity contribution in [2.45, 2.75) is 4.90 Å². The number of nitrogens with one attached hydrogen (secondary N) is 2. The minimum atomic E-state index is -0.501. The number of hydrogen-bond donors (Lipinski definition) is 2. The fourth-order valence-corrected chi connectivity index (χ4v) is 2.63. The maximum atomic E-state index is 13.4. The van der Waals surface area contributed by atoms with Crippen LogP contribution in [0.5, 0.6) is 0 Å². The van der Waals surface area contributed by atoms with E-state index in [0.717, 1.165) is 11.8 Å². The lowest BCUT2D eigenvalue weighted by Crippen LogP contribution is -2.41. The zero-order chi connectivity index (χ0) is 17.4. The number of amides is 2. The zero-order valence-electron chi connectivity index (χ0n) is 12.5. The Balaban J connectivity index is 1.76. The first-order chi connectivity index (χ1) is 11.6. The number of benzene rings is 2. The van der Waals surface area contributed by atoms with Crippen LogP contribution in [0.4, 0.5) is 4.39 Å². The van der Waals surface area contributed by atoms with Gasteiger partial charge in [-0.25, -0.2) is 4.39 Å². The Morgan fingerprint density at radius 1 is 1.08 bits per heavy atom. The molecular formula is C17H14ClFN2O2S. The average Bonchev–Trinajstić information content (AvgIpc) is 2.58. The summed E-state index contributed by atoms with van der Waals surface area (Å²) < 4.78 is 13.4. The van der Waals surface area contributed by atoms with Crippen molar-refractivity contribution >= 4 is 41.3 Å². The molecule has 0 unspecified atom stereocenters. The van der Waals surface area contributed by atoms with Crippen LogP contribution in [0.25, 0.3) is 6.08 Å². The first-order valence-corrected chi connectivity index (χ1v) is 8.31. The molecular weight excluding hydrogens is 351 g/mol. The van der Waals surface area contributed by atoms with E-state index in [1.54, 1.807) is 42.5 Å². The van der Waals surface area contributed by atoms with Crippen molar-refractivity contribution in [3.8, 4) is 0 Å². The molecule has 24 heavy (non-hydrogen) atoms. The summed E-state index contributed by atoms with van der Waals surface area (Å²) in [6.07, 6.45) is 2.80. The van der Waals surface area contributed by atoms with Crippen molar-refractivity contribution in [2.75, 3.05) is 5.75 Å². The number of hydrazine groups is 1. The topological polar surface area (TPSA) is 58.2 Å². The Morgan fingerprint density at radius 2 is 1.79 bits per heavy atom. The number of rotatable bonds is 5. The summed E-state index contributed by atoms with van der Waals surface area (Å²) in [6.45, 7) is 0. The summed E-state index contributed by atoms with van der Waals surface area (Å²) in [7, 11) is 0. The van der Waals surface area contributed by atoms with Crippen molar-refractivity contribution in [3.05, 3.63) is 71.0 Å². The minimum Gasteiger partial charge on any atom is -0.272 e.